The van der Waals surface area contributed by atoms with Crippen molar-refractivity contribution in [3.8, 4) is 0 Å². The van der Waals surface area contributed by atoms with Gasteiger partial charge in [0.2, 0.25) is 0 Å². The first-order chi connectivity index (χ1) is 5.81. The Labute approximate surface area is 75.7 Å². The normalized spacial score (nSPS) is 12.8. The van der Waals surface area contributed by atoms with Crippen LogP contribution in [0, 0.1) is 5.92 Å². The van der Waals surface area contributed by atoms with Crippen LogP contribution in [0.25, 0.3) is 0 Å². The van der Waals surface area contributed by atoms with E-state index in [1.54, 1.807) is 0 Å². The summed E-state index contributed by atoms with van der Waals surface area (Å²) in [6, 6.07) is 0. The quantitative estimate of drug-likeness (QED) is 0.429. The lowest BCUT2D eigenvalue weighted by Gasteiger charge is -2.10. The van der Waals surface area contributed by atoms with Crippen molar-refractivity contribution in [1.29, 1.82) is 0 Å². The van der Waals surface area contributed by atoms with Crippen LogP contribution in [0.15, 0.2) is 12.7 Å². The highest BCUT2D eigenvalue weighted by Crippen LogP contribution is 1.97. The zero-order valence-electron chi connectivity index (χ0n) is 8.05. The molecule has 2 heteroatoms. The summed E-state index contributed by atoms with van der Waals surface area (Å²) in [7, 11) is 0. The highest BCUT2D eigenvalue weighted by molar-refractivity contribution is 4.66. The third kappa shape index (κ3) is 7.76. The smallest absolute Gasteiger partial charge is 0.0434 e. The van der Waals surface area contributed by atoms with Crippen molar-refractivity contribution >= 4 is 0 Å². The Hall–Kier alpha value is -0.340. The van der Waals surface area contributed by atoms with Crippen LogP contribution in [0.3, 0.4) is 0 Å². The van der Waals surface area contributed by atoms with E-state index in [4.69, 9.17) is 5.11 Å². The zero-order chi connectivity index (χ0) is 9.23. The molecule has 0 aromatic rings. The van der Waals surface area contributed by atoms with Crippen molar-refractivity contribution in [2.24, 2.45) is 5.92 Å². The summed E-state index contributed by atoms with van der Waals surface area (Å²) in [5.41, 5.74) is 0. The molecule has 0 aliphatic carbocycles. The van der Waals surface area contributed by atoms with E-state index in [-0.39, 0.29) is 0 Å². The monoisotopic (exact) mass is 171 g/mol. The van der Waals surface area contributed by atoms with Gasteiger partial charge in [-0.2, -0.15) is 0 Å². The molecular formula is C10H21NO. The first-order valence-electron chi connectivity index (χ1n) is 4.73. The average molecular weight is 171 g/mol. The molecule has 0 saturated heterocycles. The lowest BCUT2D eigenvalue weighted by atomic mass is 10.1. The van der Waals surface area contributed by atoms with Crippen LogP contribution in [-0.2, 0) is 0 Å². The fourth-order valence-corrected chi connectivity index (χ4v) is 1.04. The fourth-order valence-electron chi connectivity index (χ4n) is 1.04. The molecule has 0 aromatic carbocycles. The number of aliphatic hydroxyl groups excluding tert-OH is 1. The van der Waals surface area contributed by atoms with Crippen LogP contribution >= 0.6 is 0 Å². The lowest BCUT2D eigenvalue weighted by Crippen LogP contribution is -2.22. The van der Waals surface area contributed by atoms with Crippen LogP contribution in [0.1, 0.15) is 26.2 Å². The standard InChI is InChI=1S/C10H21NO/c1-3-4-5-7-11-9-10(2)6-8-12/h3,10-12H,1,4-9H2,2H3. The van der Waals surface area contributed by atoms with Crippen molar-refractivity contribution in [1.82, 2.24) is 5.32 Å². The molecule has 0 bridgehead atoms. The summed E-state index contributed by atoms with van der Waals surface area (Å²) in [5, 5.41) is 12.0. The van der Waals surface area contributed by atoms with Crippen LogP contribution < -0.4 is 5.32 Å². The first kappa shape index (κ1) is 11.7. The maximum Gasteiger partial charge on any atom is 0.0434 e. The number of rotatable bonds is 8. The molecule has 1 unspecified atom stereocenters. The molecule has 12 heavy (non-hydrogen) atoms. The number of allylic oxidation sites excluding steroid dienone is 1. The molecular weight excluding hydrogens is 150 g/mol. The predicted octanol–water partition coefficient (Wildman–Crippen LogP) is 1.56. The van der Waals surface area contributed by atoms with Gasteiger partial charge in [-0.15, -0.1) is 6.58 Å². The largest absolute Gasteiger partial charge is 0.396 e. The molecule has 0 heterocycles. The molecule has 2 nitrogen and oxygen atoms in total. The molecule has 0 rings (SSSR count). The van der Waals surface area contributed by atoms with E-state index < -0.39 is 0 Å². The van der Waals surface area contributed by atoms with Crippen LogP contribution in [0.4, 0.5) is 0 Å². The topological polar surface area (TPSA) is 32.3 Å². The summed E-state index contributed by atoms with van der Waals surface area (Å²) in [4.78, 5) is 0. The van der Waals surface area contributed by atoms with E-state index in [0.717, 1.165) is 32.4 Å². The second-order valence-corrected chi connectivity index (χ2v) is 3.25. The van der Waals surface area contributed by atoms with E-state index in [1.165, 1.54) is 0 Å². The molecule has 0 amide bonds. The fraction of sp³-hybridized carbons (Fsp3) is 0.800. The minimum Gasteiger partial charge on any atom is -0.396 e. The van der Waals surface area contributed by atoms with Gasteiger partial charge in [0.15, 0.2) is 0 Å². The van der Waals surface area contributed by atoms with E-state index in [0.29, 0.717) is 12.5 Å². The van der Waals surface area contributed by atoms with Gasteiger partial charge >= 0.3 is 0 Å². The van der Waals surface area contributed by atoms with E-state index in [1.807, 2.05) is 6.08 Å². The van der Waals surface area contributed by atoms with Gasteiger partial charge in [-0.1, -0.05) is 13.0 Å². The summed E-state index contributed by atoms with van der Waals surface area (Å²) in [6.07, 6.45) is 5.09. The molecule has 0 radical (unpaired) electrons. The summed E-state index contributed by atoms with van der Waals surface area (Å²) < 4.78 is 0. The minimum absolute atomic E-state index is 0.301. The summed E-state index contributed by atoms with van der Waals surface area (Å²) in [5.74, 6) is 0.582. The highest BCUT2D eigenvalue weighted by atomic mass is 16.3. The van der Waals surface area contributed by atoms with Crippen molar-refractivity contribution in [2.45, 2.75) is 26.2 Å². The van der Waals surface area contributed by atoms with Crippen molar-refractivity contribution in [3.63, 3.8) is 0 Å². The van der Waals surface area contributed by atoms with Crippen molar-refractivity contribution in [3.05, 3.63) is 12.7 Å². The number of hydrogen-bond acceptors (Lipinski definition) is 2. The van der Waals surface area contributed by atoms with Gasteiger partial charge in [-0.25, -0.2) is 0 Å². The highest BCUT2D eigenvalue weighted by Gasteiger charge is 1.98. The molecule has 2 N–H and O–H groups in total. The predicted molar refractivity (Wildman–Crippen MR) is 53.2 cm³/mol. The Bertz CT molecular complexity index is 104. The molecule has 0 spiro atoms. The number of nitrogens with one attached hydrogen (secondary N) is 1. The van der Waals surface area contributed by atoms with Gasteiger partial charge in [0.05, 0.1) is 0 Å². The second kappa shape index (κ2) is 8.75. The maximum atomic E-state index is 8.64. The van der Waals surface area contributed by atoms with Gasteiger partial charge in [-0.05, 0) is 38.3 Å². The van der Waals surface area contributed by atoms with Gasteiger partial charge in [0, 0.05) is 6.61 Å². The maximum absolute atomic E-state index is 8.64. The van der Waals surface area contributed by atoms with Crippen LogP contribution in [-0.4, -0.2) is 24.8 Å². The SMILES string of the molecule is C=CCCCNCC(C)CCO. The summed E-state index contributed by atoms with van der Waals surface area (Å²) >= 11 is 0. The Morgan fingerprint density at radius 3 is 2.92 bits per heavy atom. The second-order valence-electron chi connectivity index (χ2n) is 3.25. The molecule has 0 aliphatic rings. The first-order valence-corrected chi connectivity index (χ1v) is 4.73. The van der Waals surface area contributed by atoms with Crippen LogP contribution in [0.5, 0.6) is 0 Å². The molecule has 1 atom stereocenters. The van der Waals surface area contributed by atoms with Crippen LogP contribution in [0.2, 0.25) is 0 Å². The summed E-state index contributed by atoms with van der Waals surface area (Å²) in [6.45, 7) is 8.18. The number of unbranched alkanes of at least 4 members (excludes halogenated alkanes) is 1. The van der Waals surface area contributed by atoms with Gasteiger partial charge in [-0.3, -0.25) is 0 Å². The van der Waals surface area contributed by atoms with Gasteiger partial charge in [0.25, 0.3) is 0 Å². The Morgan fingerprint density at radius 2 is 2.33 bits per heavy atom. The Kier molecular flexibility index (Phi) is 8.51. The number of aliphatic hydroxyl groups is 1. The molecule has 0 aromatic heterocycles. The molecule has 0 fully saturated rings. The third-order valence-electron chi connectivity index (χ3n) is 1.88. The van der Waals surface area contributed by atoms with E-state index >= 15 is 0 Å². The van der Waals surface area contributed by atoms with Gasteiger partial charge < -0.3 is 10.4 Å². The van der Waals surface area contributed by atoms with E-state index in [2.05, 4.69) is 18.8 Å². The zero-order valence-corrected chi connectivity index (χ0v) is 8.05. The molecule has 0 saturated carbocycles. The van der Waals surface area contributed by atoms with Crippen molar-refractivity contribution in [2.75, 3.05) is 19.7 Å². The Morgan fingerprint density at radius 1 is 1.58 bits per heavy atom. The van der Waals surface area contributed by atoms with E-state index in [9.17, 15) is 0 Å². The molecule has 72 valence electrons. The van der Waals surface area contributed by atoms with Gasteiger partial charge in [0.1, 0.15) is 0 Å². The van der Waals surface area contributed by atoms with Crippen molar-refractivity contribution < 1.29 is 5.11 Å². The lowest BCUT2D eigenvalue weighted by molar-refractivity contribution is 0.260. The minimum atomic E-state index is 0.301. The average Bonchev–Trinajstić information content (AvgIpc) is 2.05. The Balaban J connectivity index is 3.02. The molecule has 0 aliphatic heterocycles. The number of hydrogen-bond donors (Lipinski definition) is 2. The third-order valence-corrected chi connectivity index (χ3v) is 1.88.